The molecule has 0 unspecified atom stereocenters. The van der Waals surface area contributed by atoms with Gasteiger partial charge in [0.1, 0.15) is 0 Å². The van der Waals surface area contributed by atoms with E-state index in [1.165, 1.54) is 17.7 Å². The molecule has 0 N–H and O–H groups in total. The van der Waals surface area contributed by atoms with E-state index in [1.807, 2.05) is 6.07 Å². The first kappa shape index (κ1) is 9.91. The van der Waals surface area contributed by atoms with Gasteiger partial charge in [0.05, 0.1) is 0 Å². The molecule has 0 saturated carbocycles. The van der Waals surface area contributed by atoms with E-state index in [2.05, 4.69) is 60.3 Å². The molecular formula is C14H16N+. The summed E-state index contributed by atoms with van der Waals surface area (Å²) in [6.07, 6.45) is 6.62. The molecule has 0 fully saturated rings. The van der Waals surface area contributed by atoms with Crippen molar-refractivity contribution in [1.82, 2.24) is 0 Å². The van der Waals surface area contributed by atoms with Crippen molar-refractivity contribution in [2.45, 2.75) is 19.8 Å². The molecule has 76 valence electrons. The van der Waals surface area contributed by atoms with Crippen molar-refractivity contribution < 1.29 is 4.57 Å². The van der Waals surface area contributed by atoms with Gasteiger partial charge in [0, 0.05) is 24.3 Å². The maximum atomic E-state index is 2.21. The molecule has 0 aliphatic heterocycles. The quantitative estimate of drug-likeness (QED) is 0.668. The Kier molecular flexibility index (Phi) is 3.13. The Morgan fingerprint density at radius 1 is 0.933 bits per heavy atom. The summed E-state index contributed by atoms with van der Waals surface area (Å²) in [5.74, 6) is 0. The summed E-state index contributed by atoms with van der Waals surface area (Å²) in [7, 11) is 0. The van der Waals surface area contributed by atoms with Crippen LogP contribution in [0.4, 0.5) is 0 Å². The smallest absolute Gasteiger partial charge is 0.167 e. The molecule has 0 atom stereocenters. The van der Waals surface area contributed by atoms with Crippen LogP contribution in [0.15, 0.2) is 54.9 Å². The number of rotatable bonds is 3. The summed E-state index contributed by atoms with van der Waals surface area (Å²) >= 11 is 0. The van der Waals surface area contributed by atoms with Crippen molar-refractivity contribution in [2.24, 2.45) is 0 Å². The lowest BCUT2D eigenvalue weighted by Gasteiger charge is -1.97. The second kappa shape index (κ2) is 4.74. The zero-order chi connectivity index (χ0) is 10.5. The van der Waals surface area contributed by atoms with Crippen molar-refractivity contribution in [2.75, 3.05) is 0 Å². The number of hydrogen-bond donors (Lipinski definition) is 0. The van der Waals surface area contributed by atoms with E-state index in [9.17, 15) is 0 Å². The van der Waals surface area contributed by atoms with Crippen molar-refractivity contribution >= 4 is 0 Å². The highest BCUT2D eigenvalue weighted by Gasteiger charge is 2.03. The molecule has 0 bridgehead atoms. The monoisotopic (exact) mass is 198 g/mol. The second-order valence-electron chi connectivity index (χ2n) is 3.70. The Balaban J connectivity index is 2.24. The van der Waals surface area contributed by atoms with Crippen LogP contribution in [-0.4, -0.2) is 0 Å². The number of hydrogen-bond acceptors (Lipinski definition) is 0. The van der Waals surface area contributed by atoms with Crippen LogP contribution >= 0.6 is 0 Å². The first-order valence-electron chi connectivity index (χ1n) is 5.46. The van der Waals surface area contributed by atoms with E-state index in [0.29, 0.717) is 0 Å². The molecule has 15 heavy (non-hydrogen) atoms. The second-order valence-corrected chi connectivity index (χ2v) is 3.70. The lowest BCUT2D eigenvalue weighted by atomic mass is 10.1. The van der Waals surface area contributed by atoms with Gasteiger partial charge in [-0.15, -0.1) is 0 Å². The molecule has 1 nitrogen and oxygen atoms in total. The van der Waals surface area contributed by atoms with Gasteiger partial charge in [-0.3, -0.25) is 0 Å². The molecule has 0 spiro atoms. The molecule has 1 aromatic heterocycles. The number of aryl methyl sites for hydroxylation is 1. The minimum absolute atomic E-state index is 1.16. The summed E-state index contributed by atoms with van der Waals surface area (Å²) in [6.45, 7) is 2.21. The molecule has 0 aliphatic carbocycles. The Morgan fingerprint density at radius 2 is 1.60 bits per heavy atom. The number of benzene rings is 1. The number of para-hydroxylation sites is 1. The van der Waals surface area contributed by atoms with Crippen LogP contribution in [0.3, 0.4) is 0 Å². The topological polar surface area (TPSA) is 3.88 Å². The molecule has 1 heterocycles. The van der Waals surface area contributed by atoms with Gasteiger partial charge in [-0.05, 0) is 12.0 Å². The molecular weight excluding hydrogens is 182 g/mol. The van der Waals surface area contributed by atoms with Crippen molar-refractivity contribution in [3.05, 3.63) is 60.4 Å². The maximum absolute atomic E-state index is 2.21. The first-order chi connectivity index (χ1) is 7.40. The number of aromatic nitrogens is 1. The Morgan fingerprint density at radius 3 is 2.20 bits per heavy atom. The van der Waals surface area contributed by atoms with E-state index in [1.54, 1.807) is 0 Å². The van der Waals surface area contributed by atoms with Gasteiger partial charge in [-0.1, -0.05) is 31.5 Å². The van der Waals surface area contributed by atoms with Crippen molar-refractivity contribution in [3.63, 3.8) is 0 Å². The predicted octanol–water partition coefficient (Wildman–Crippen LogP) is 2.92. The summed E-state index contributed by atoms with van der Waals surface area (Å²) < 4.78 is 2.14. The molecule has 2 aromatic rings. The number of pyridine rings is 1. The summed E-state index contributed by atoms with van der Waals surface area (Å²) in [5, 5.41) is 0. The van der Waals surface area contributed by atoms with Crippen LogP contribution in [0.5, 0.6) is 0 Å². The lowest BCUT2D eigenvalue weighted by molar-refractivity contribution is -0.595. The standard InChI is InChI=1S/C14H16N/c1-2-6-13-9-11-15(12-10-13)14-7-4-3-5-8-14/h3-5,7-12H,2,6H2,1H3/q+1. The molecule has 0 aliphatic rings. The van der Waals surface area contributed by atoms with Crippen LogP contribution in [0.25, 0.3) is 5.69 Å². The third-order valence-corrected chi connectivity index (χ3v) is 2.49. The van der Waals surface area contributed by atoms with Crippen LogP contribution in [0.1, 0.15) is 18.9 Å². The zero-order valence-corrected chi connectivity index (χ0v) is 9.06. The van der Waals surface area contributed by atoms with Crippen LogP contribution in [-0.2, 0) is 6.42 Å². The summed E-state index contributed by atoms with van der Waals surface area (Å²) in [5.41, 5.74) is 2.62. The van der Waals surface area contributed by atoms with E-state index in [0.717, 1.165) is 6.42 Å². The summed E-state index contributed by atoms with van der Waals surface area (Å²) in [6, 6.07) is 14.8. The fraction of sp³-hybridized carbons (Fsp3) is 0.214. The predicted molar refractivity (Wildman–Crippen MR) is 62.0 cm³/mol. The van der Waals surface area contributed by atoms with Crippen LogP contribution in [0.2, 0.25) is 0 Å². The molecule has 0 radical (unpaired) electrons. The molecule has 1 heteroatoms. The van der Waals surface area contributed by atoms with Gasteiger partial charge in [-0.2, -0.15) is 4.57 Å². The largest absolute Gasteiger partial charge is 0.210 e. The summed E-state index contributed by atoms with van der Waals surface area (Å²) in [4.78, 5) is 0. The highest BCUT2D eigenvalue weighted by Crippen LogP contribution is 2.02. The minimum Gasteiger partial charge on any atom is -0.167 e. The van der Waals surface area contributed by atoms with Gasteiger partial charge >= 0.3 is 0 Å². The van der Waals surface area contributed by atoms with E-state index >= 15 is 0 Å². The molecule has 0 saturated heterocycles. The first-order valence-corrected chi connectivity index (χ1v) is 5.46. The van der Waals surface area contributed by atoms with Gasteiger partial charge in [0.15, 0.2) is 12.4 Å². The third-order valence-electron chi connectivity index (χ3n) is 2.49. The lowest BCUT2D eigenvalue weighted by Crippen LogP contribution is -2.29. The molecule has 2 rings (SSSR count). The highest BCUT2D eigenvalue weighted by atomic mass is 14.9. The highest BCUT2D eigenvalue weighted by molar-refractivity contribution is 5.21. The Labute approximate surface area is 91.0 Å². The van der Waals surface area contributed by atoms with Crippen LogP contribution < -0.4 is 4.57 Å². The van der Waals surface area contributed by atoms with E-state index in [4.69, 9.17) is 0 Å². The Hall–Kier alpha value is -1.63. The Bertz CT molecular complexity index is 403. The average molecular weight is 198 g/mol. The van der Waals surface area contributed by atoms with Gasteiger partial charge in [0.2, 0.25) is 5.69 Å². The maximum Gasteiger partial charge on any atom is 0.210 e. The van der Waals surface area contributed by atoms with Crippen LogP contribution in [0, 0.1) is 0 Å². The number of nitrogens with zero attached hydrogens (tertiary/aromatic N) is 1. The molecule has 1 aromatic carbocycles. The zero-order valence-electron chi connectivity index (χ0n) is 9.06. The third kappa shape index (κ3) is 2.44. The van der Waals surface area contributed by atoms with Crippen molar-refractivity contribution in [3.8, 4) is 5.69 Å². The molecule has 0 amide bonds. The average Bonchev–Trinajstić information content (AvgIpc) is 2.32. The minimum atomic E-state index is 1.16. The fourth-order valence-corrected chi connectivity index (χ4v) is 1.68. The van der Waals surface area contributed by atoms with Gasteiger partial charge < -0.3 is 0 Å². The van der Waals surface area contributed by atoms with E-state index < -0.39 is 0 Å². The van der Waals surface area contributed by atoms with Gasteiger partial charge in [0.25, 0.3) is 0 Å². The normalized spacial score (nSPS) is 10.2. The van der Waals surface area contributed by atoms with Crippen molar-refractivity contribution in [1.29, 1.82) is 0 Å². The van der Waals surface area contributed by atoms with Gasteiger partial charge in [-0.25, -0.2) is 0 Å². The SMILES string of the molecule is CCCc1cc[n+](-c2ccccc2)cc1. The van der Waals surface area contributed by atoms with E-state index in [-0.39, 0.29) is 0 Å². The fourth-order valence-electron chi connectivity index (χ4n) is 1.68.